The Kier molecular flexibility index (Phi) is 3.77. The molecule has 19 heavy (non-hydrogen) atoms. The van der Waals surface area contributed by atoms with Crippen LogP contribution in [-0.2, 0) is 16.6 Å². The number of nitrogens with two attached hydrogens (primary N) is 1. The lowest BCUT2D eigenvalue weighted by Crippen LogP contribution is -2.14. The first-order valence-electron chi connectivity index (χ1n) is 5.59. The highest BCUT2D eigenvalue weighted by molar-refractivity contribution is 7.89. The van der Waals surface area contributed by atoms with Crippen LogP contribution in [-0.4, -0.2) is 18.4 Å². The van der Waals surface area contributed by atoms with Gasteiger partial charge in [0.15, 0.2) is 0 Å². The van der Waals surface area contributed by atoms with Crippen LogP contribution >= 0.6 is 0 Å². The molecular formula is C12H14N4O2S. The summed E-state index contributed by atoms with van der Waals surface area (Å²) in [6.07, 6.45) is 3.11. The molecule has 0 fully saturated rings. The van der Waals surface area contributed by atoms with Crippen molar-refractivity contribution in [3.05, 3.63) is 48.0 Å². The Hall–Kier alpha value is -1.99. The van der Waals surface area contributed by atoms with Gasteiger partial charge in [-0.05, 0) is 30.7 Å². The number of hydrogen-bond donors (Lipinski definition) is 2. The van der Waals surface area contributed by atoms with Crippen LogP contribution in [0.25, 0.3) is 0 Å². The maximum Gasteiger partial charge on any atom is 0.238 e. The molecule has 0 atom stereocenters. The second-order valence-corrected chi connectivity index (χ2v) is 5.61. The van der Waals surface area contributed by atoms with Gasteiger partial charge in [-0.1, -0.05) is 6.07 Å². The van der Waals surface area contributed by atoms with Gasteiger partial charge in [0, 0.05) is 11.9 Å². The van der Waals surface area contributed by atoms with Crippen molar-refractivity contribution in [2.24, 2.45) is 5.14 Å². The van der Waals surface area contributed by atoms with Gasteiger partial charge >= 0.3 is 0 Å². The zero-order chi connectivity index (χ0) is 13.9. The summed E-state index contributed by atoms with van der Waals surface area (Å²) in [6.45, 7) is 2.18. The molecule has 1 aromatic carbocycles. The molecule has 1 aromatic heterocycles. The molecule has 2 rings (SSSR count). The number of aromatic nitrogens is 2. The lowest BCUT2D eigenvalue weighted by atomic mass is 10.2. The normalized spacial score (nSPS) is 11.3. The largest absolute Gasteiger partial charge is 0.379 e. The predicted molar refractivity (Wildman–Crippen MR) is 71.9 cm³/mol. The number of sulfonamides is 1. The van der Waals surface area contributed by atoms with E-state index in [4.69, 9.17) is 5.14 Å². The Labute approximate surface area is 111 Å². The van der Waals surface area contributed by atoms with E-state index < -0.39 is 10.0 Å². The smallest absolute Gasteiger partial charge is 0.238 e. The second-order valence-electron chi connectivity index (χ2n) is 4.08. The summed E-state index contributed by atoms with van der Waals surface area (Å²) in [5.41, 5.74) is 2.11. The Bertz CT molecular complexity index is 671. The highest BCUT2D eigenvalue weighted by Gasteiger charge is 2.11. The Morgan fingerprint density at radius 2 is 2.11 bits per heavy atom. The fourth-order valence-corrected chi connectivity index (χ4v) is 2.44. The molecular weight excluding hydrogens is 264 g/mol. The highest BCUT2D eigenvalue weighted by Crippen LogP contribution is 2.19. The number of hydrogen-bond acceptors (Lipinski definition) is 5. The molecule has 100 valence electrons. The lowest BCUT2D eigenvalue weighted by Gasteiger charge is -2.09. The third-order valence-electron chi connectivity index (χ3n) is 2.61. The van der Waals surface area contributed by atoms with Crippen molar-refractivity contribution in [1.29, 1.82) is 0 Å². The summed E-state index contributed by atoms with van der Waals surface area (Å²) < 4.78 is 22.8. The average Bonchev–Trinajstić information content (AvgIpc) is 2.37. The maximum atomic E-state index is 11.4. The van der Waals surface area contributed by atoms with E-state index in [1.807, 2.05) is 0 Å². The van der Waals surface area contributed by atoms with Gasteiger partial charge in [0.1, 0.15) is 6.33 Å². The Morgan fingerprint density at radius 1 is 1.32 bits per heavy atom. The van der Waals surface area contributed by atoms with Crippen molar-refractivity contribution in [3.8, 4) is 0 Å². The third kappa shape index (κ3) is 3.49. The summed E-state index contributed by atoms with van der Waals surface area (Å²) >= 11 is 0. The number of benzene rings is 1. The summed E-state index contributed by atoms with van der Waals surface area (Å²) in [4.78, 5) is 8.01. The van der Waals surface area contributed by atoms with Crippen LogP contribution in [0.3, 0.4) is 0 Å². The summed E-state index contributed by atoms with van der Waals surface area (Å²) in [5.74, 6) is 0. The molecule has 0 radical (unpaired) electrons. The SMILES string of the molecule is Cc1ccc(NCc2ccncn2)cc1S(N)(=O)=O. The van der Waals surface area contributed by atoms with E-state index in [1.165, 1.54) is 12.4 Å². The number of anilines is 1. The molecule has 6 nitrogen and oxygen atoms in total. The van der Waals surface area contributed by atoms with Crippen LogP contribution in [0, 0.1) is 6.92 Å². The van der Waals surface area contributed by atoms with Gasteiger partial charge in [-0.3, -0.25) is 0 Å². The van der Waals surface area contributed by atoms with E-state index in [0.29, 0.717) is 17.8 Å². The zero-order valence-electron chi connectivity index (χ0n) is 10.4. The third-order valence-corrected chi connectivity index (χ3v) is 3.66. The molecule has 3 N–H and O–H groups in total. The van der Waals surface area contributed by atoms with Gasteiger partial charge in [0.2, 0.25) is 10.0 Å². The van der Waals surface area contributed by atoms with Crippen LogP contribution in [0.4, 0.5) is 5.69 Å². The molecule has 0 aliphatic rings. The molecule has 7 heteroatoms. The number of nitrogens with zero attached hydrogens (tertiary/aromatic N) is 2. The van der Waals surface area contributed by atoms with E-state index in [-0.39, 0.29) is 4.90 Å². The minimum Gasteiger partial charge on any atom is -0.379 e. The van der Waals surface area contributed by atoms with Crippen LogP contribution in [0.5, 0.6) is 0 Å². The Morgan fingerprint density at radius 3 is 2.74 bits per heavy atom. The summed E-state index contributed by atoms with van der Waals surface area (Å²) in [6, 6.07) is 6.81. The van der Waals surface area contributed by atoms with E-state index >= 15 is 0 Å². The monoisotopic (exact) mass is 278 g/mol. The summed E-state index contributed by atoms with van der Waals surface area (Å²) in [7, 11) is -3.70. The molecule has 0 aliphatic carbocycles. The first kappa shape index (κ1) is 13.4. The van der Waals surface area contributed by atoms with Crippen LogP contribution in [0.15, 0.2) is 41.7 Å². The minimum atomic E-state index is -3.70. The van der Waals surface area contributed by atoms with Crippen molar-refractivity contribution in [2.45, 2.75) is 18.4 Å². The van der Waals surface area contributed by atoms with Gasteiger partial charge < -0.3 is 5.32 Å². The number of aryl methyl sites for hydroxylation is 1. The predicted octanol–water partition coefficient (Wildman–Crippen LogP) is 1.04. The van der Waals surface area contributed by atoms with Crippen molar-refractivity contribution in [1.82, 2.24) is 9.97 Å². The fourth-order valence-electron chi connectivity index (χ4n) is 1.63. The van der Waals surface area contributed by atoms with Crippen molar-refractivity contribution in [2.75, 3.05) is 5.32 Å². The molecule has 0 aliphatic heterocycles. The van der Waals surface area contributed by atoms with E-state index in [0.717, 1.165) is 5.69 Å². The van der Waals surface area contributed by atoms with E-state index in [9.17, 15) is 8.42 Å². The molecule has 0 saturated heterocycles. The van der Waals surface area contributed by atoms with Crippen LogP contribution in [0.1, 0.15) is 11.3 Å². The average molecular weight is 278 g/mol. The van der Waals surface area contributed by atoms with Gasteiger partial charge in [-0.15, -0.1) is 0 Å². The molecule has 0 spiro atoms. The molecule has 0 bridgehead atoms. The molecule has 0 unspecified atom stereocenters. The minimum absolute atomic E-state index is 0.125. The van der Waals surface area contributed by atoms with Gasteiger partial charge in [-0.2, -0.15) is 0 Å². The first-order valence-corrected chi connectivity index (χ1v) is 7.13. The highest BCUT2D eigenvalue weighted by atomic mass is 32.2. The second kappa shape index (κ2) is 5.33. The molecule has 0 amide bonds. The first-order chi connectivity index (χ1) is 8.97. The van der Waals surface area contributed by atoms with Gasteiger partial charge in [0.25, 0.3) is 0 Å². The number of rotatable bonds is 4. The zero-order valence-corrected chi connectivity index (χ0v) is 11.2. The molecule has 1 heterocycles. The van der Waals surface area contributed by atoms with Gasteiger partial charge in [-0.25, -0.2) is 23.5 Å². The van der Waals surface area contributed by atoms with E-state index in [2.05, 4.69) is 15.3 Å². The lowest BCUT2D eigenvalue weighted by molar-refractivity contribution is 0.597. The standard InChI is InChI=1S/C12H14N4O2S/c1-9-2-3-10(6-12(9)19(13,17)18)15-7-11-4-5-14-8-16-11/h2-6,8,15H,7H2,1H3,(H2,13,17,18). The Balaban J connectivity index is 2.18. The molecule has 0 saturated carbocycles. The maximum absolute atomic E-state index is 11.4. The van der Waals surface area contributed by atoms with Crippen LogP contribution in [0.2, 0.25) is 0 Å². The fraction of sp³-hybridized carbons (Fsp3) is 0.167. The quantitative estimate of drug-likeness (QED) is 0.871. The summed E-state index contributed by atoms with van der Waals surface area (Å²) in [5, 5.41) is 8.25. The van der Waals surface area contributed by atoms with E-state index in [1.54, 1.807) is 31.3 Å². The van der Waals surface area contributed by atoms with Gasteiger partial charge in [0.05, 0.1) is 17.1 Å². The van der Waals surface area contributed by atoms with Crippen LogP contribution < -0.4 is 10.5 Å². The van der Waals surface area contributed by atoms with Crippen molar-refractivity contribution in [3.63, 3.8) is 0 Å². The van der Waals surface area contributed by atoms with Crippen molar-refractivity contribution >= 4 is 15.7 Å². The number of primary sulfonamides is 1. The topological polar surface area (TPSA) is 98.0 Å². The molecule has 2 aromatic rings. The van der Waals surface area contributed by atoms with Crippen molar-refractivity contribution < 1.29 is 8.42 Å². The number of nitrogens with one attached hydrogen (secondary N) is 1.